The average molecular weight is 479 g/mol. The van der Waals surface area contributed by atoms with Crippen molar-refractivity contribution >= 4 is 27.7 Å². The Bertz CT molecular complexity index is 1010. The highest BCUT2D eigenvalue weighted by Gasteiger charge is 2.49. The molecule has 1 saturated heterocycles. The Labute approximate surface area is 190 Å². The molecular weight excluding hydrogens is 456 g/mol. The number of likely N-dealkylation sites (tertiary alicyclic amines) is 1. The molecule has 1 fully saturated rings. The van der Waals surface area contributed by atoms with Crippen LogP contribution in [-0.4, -0.2) is 35.9 Å². The van der Waals surface area contributed by atoms with Gasteiger partial charge in [-0.05, 0) is 23.3 Å². The third-order valence-corrected chi connectivity index (χ3v) is 6.11. The second-order valence-corrected chi connectivity index (χ2v) is 8.48. The molecule has 158 valence electrons. The highest BCUT2D eigenvalue weighted by molar-refractivity contribution is 9.09. The van der Waals surface area contributed by atoms with E-state index in [4.69, 9.17) is 4.74 Å². The Balaban J connectivity index is 1.44. The SMILES string of the molecule is O=C(COc1ccccc1)NC1C(=O)N(CC(Br)c2ccccc2)C1c1ccccc1. The number of benzene rings is 3. The Kier molecular flexibility index (Phi) is 6.67. The monoisotopic (exact) mass is 478 g/mol. The molecule has 0 aromatic heterocycles. The maximum atomic E-state index is 13.0. The summed E-state index contributed by atoms with van der Waals surface area (Å²) in [7, 11) is 0. The molecule has 3 aromatic rings. The van der Waals surface area contributed by atoms with Crippen molar-refractivity contribution in [2.24, 2.45) is 0 Å². The van der Waals surface area contributed by atoms with Crippen molar-refractivity contribution in [2.75, 3.05) is 13.2 Å². The number of β-lactam (4-membered cyclic amide) rings is 1. The van der Waals surface area contributed by atoms with Gasteiger partial charge in [-0.15, -0.1) is 0 Å². The zero-order valence-electron chi connectivity index (χ0n) is 16.9. The van der Waals surface area contributed by atoms with Crippen LogP contribution >= 0.6 is 15.9 Å². The van der Waals surface area contributed by atoms with Crippen LogP contribution in [0.25, 0.3) is 0 Å². The molecule has 0 spiro atoms. The van der Waals surface area contributed by atoms with Crippen molar-refractivity contribution in [2.45, 2.75) is 16.9 Å². The second kappa shape index (κ2) is 9.79. The first-order valence-electron chi connectivity index (χ1n) is 10.1. The molecule has 1 aliphatic rings. The van der Waals surface area contributed by atoms with Crippen molar-refractivity contribution in [3.63, 3.8) is 0 Å². The van der Waals surface area contributed by atoms with Crippen LogP contribution in [0.5, 0.6) is 5.75 Å². The lowest BCUT2D eigenvalue weighted by atomic mass is 9.87. The fourth-order valence-corrected chi connectivity index (χ4v) is 4.35. The Morgan fingerprint density at radius 3 is 2.16 bits per heavy atom. The number of para-hydroxylation sites is 1. The largest absolute Gasteiger partial charge is 0.484 e. The Morgan fingerprint density at radius 2 is 1.52 bits per heavy atom. The molecule has 0 radical (unpaired) electrons. The average Bonchev–Trinajstić information content (AvgIpc) is 2.83. The molecule has 31 heavy (non-hydrogen) atoms. The number of nitrogens with one attached hydrogen (secondary N) is 1. The van der Waals surface area contributed by atoms with E-state index in [0.29, 0.717) is 12.3 Å². The van der Waals surface area contributed by atoms with Crippen LogP contribution < -0.4 is 10.1 Å². The predicted octanol–water partition coefficient (Wildman–Crippen LogP) is 4.27. The second-order valence-electron chi connectivity index (χ2n) is 7.37. The van der Waals surface area contributed by atoms with Crippen molar-refractivity contribution < 1.29 is 14.3 Å². The number of nitrogens with zero attached hydrogens (tertiary/aromatic N) is 1. The zero-order chi connectivity index (χ0) is 21.6. The quantitative estimate of drug-likeness (QED) is 0.388. The number of halogens is 1. The van der Waals surface area contributed by atoms with Gasteiger partial charge in [-0.25, -0.2) is 0 Å². The van der Waals surface area contributed by atoms with E-state index in [-0.39, 0.29) is 29.3 Å². The minimum atomic E-state index is -0.607. The number of carbonyl (C=O) groups is 2. The van der Waals surface area contributed by atoms with Gasteiger partial charge in [0.15, 0.2) is 6.61 Å². The highest BCUT2D eigenvalue weighted by atomic mass is 79.9. The molecule has 2 amide bonds. The topological polar surface area (TPSA) is 58.6 Å². The van der Waals surface area contributed by atoms with Gasteiger partial charge in [0.25, 0.3) is 5.91 Å². The fraction of sp³-hybridized carbons (Fsp3) is 0.200. The van der Waals surface area contributed by atoms with E-state index in [0.717, 1.165) is 11.1 Å². The van der Waals surface area contributed by atoms with E-state index in [1.165, 1.54) is 0 Å². The normalized spacial score (nSPS) is 18.7. The Morgan fingerprint density at radius 1 is 0.935 bits per heavy atom. The summed E-state index contributed by atoms with van der Waals surface area (Å²) >= 11 is 3.71. The number of carbonyl (C=O) groups excluding carboxylic acids is 2. The summed E-state index contributed by atoms with van der Waals surface area (Å²) in [4.78, 5) is 27.3. The molecule has 6 heteroatoms. The lowest BCUT2D eigenvalue weighted by molar-refractivity contribution is -0.154. The number of hydrogen-bond acceptors (Lipinski definition) is 3. The van der Waals surface area contributed by atoms with Crippen LogP contribution in [0.15, 0.2) is 91.0 Å². The first kappa shape index (κ1) is 21.1. The van der Waals surface area contributed by atoms with Gasteiger partial charge >= 0.3 is 0 Å². The number of amides is 2. The van der Waals surface area contributed by atoms with Gasteiger partial charge in [0.2, 0.25) is 5.91 Å². The summed E-state index contributed by atoms with van der Waals surface area (Å²) in [6, 6.07) is 28.1. The van der Waals surface area contributed by atoms with Crippen LogP contribution in [0.1, 0.15) is 22.0 Å². The summed E-state index contributed by atoms with van der Waals surface area (Å²) in [5.74, 6) is 0.201. The highest BCUT2D eigenvalue weighted by Crippen LogP contribution is 2.38. The summed E-state index contributed by atoms with van der Waals surface area (Å²) in [6.45, 7) is 0.371. The molecule has 3 unspecified atom stereocenters. The first-order valence-corrected chi connectivity index (χ1v) is 11.1. The predicted molar refractivity (Wildman–Crippen MR) is 123 cm³/mol. The molecular formula is C25H23BrN2O3. The van der Waals surface area contributed by atoms with E-state index in [9.17, 15) is 9.59 Å². The summed E-state index contributed by atoms with van der Waals surface area (Å²) in [5.41, 5.74) is 2.09. The molecule has 1 aliphatic heterocycles. The Hall–Kier alpha value is -3.12. The van der Waals surface area contributed by atoms with E-state index in [1.54, 1.807) is 12.1 Å². The molecule has 5 nitrogen and oxygen atoms in total. The van der Waals surface area contributed by atoms with Gasteiger partial charge in [0.05, 0.1) is 10.9 Å². The van der Waals surface area contributed by atoms with Gasteiger partial charge in [0, 0.05) is 6.54 Å². The minimum Gasteiger partial charge on any atom is -0.484 e. The number of hydrogen-bond donors (Lipinski definition) is 1. The van der Waals surface area contributed by atoms with Crippen LogP contribution in [0.2, 0.25) is 0 Å². The third kappa shape index (κ3) is 4.97. The standard InChI is InChI=1S/C25H23BrN2O3/c26-21(18-10-4-1-5-11-18)16-28-24(19-12-6-2-7-13-19)23(25(28)30)27-22(29)17-31-20-14-8-3-9-15-20/h1-15,21,23-24H,16-17H2,(H,27,29). The molecule has 0 saturated carbocycles. The third-order valence-electron chi connectivity index (χ3n) is 5.29. The zero-order valence-corrected chi connectivity index (χ0v) is 18.4. The summed E-state index contributed by atoms with van der Waals surface area (Å²) < 4.78 is 5.52. The molecule has 0 bridgehead atoms. The van der Waals surface area contributed by atoms with E-state index < -0.39 is 6.04 Å². The molecule has 1 N–H and O–H groups in total. The van der Waals surface area contributed by atoms with Gasteiger partial charge < -0.3 is 15.0 Å². The maximum absolute atomic E-state index is 13.0. The van der Waals surface area contributed by atoms with Crippen molar-refractivity contribution in [3.8, 4) is 5.75 Å². The van der Waals surface area contributed by atoms with E-state index >= 15 is 0 Å². The summed E-state index contributed by atoms with van der Waals surface area (Å²) in [5, 5.41) is 2.86. The van der Waals surface area contributed by atoms with Crippen molar-refractivity contribution in [3.05, 3.63) is 102 Å². The lowest BCUT2D eigenvalue weighted by Gasteiger charge is -2.48. The minimum absolute atomic E-state index is 0.00178. The van der Waals surface area contributed by atoms with Crippen LogP contribution in [0.4, 0.5) is 0 Å². The number of ether oxygens (including phenoxy) is 1. The van der Waals surface area contributed by atoms with Gasteiger partial charge in [0.1, 0.15) is 11.8 Å². The van der Waals surface area contributed by atoms with E-state index in [1.807, 2.05) is 83.8 Å². The molecule has 3 atom stereocenters. The van der Waals surface area contributed by atoms with Crippen LogP contribution in [-0.2, 0) is 9.59 Å². The maximum Gasteiger partial charge on any atom is 0.258 e. The van der Waals surface area contributed by atoms with E-state index in [2.05, 4.69) is 21.2 Å². The number of alkyl halides is 1. The number of rotatable bonds is 8. The van der Waals surface area contributed by atoms with Crippen LogP contribution in [0, 0.1) is 0 Å². The fourth-order valence-electron chi connectivity index (χ4n) is 3.74. The molecule has 0 aliphatic carbocycles. The first-order chi connectivity index (χ1) is 15.1. The van der Waals surface area contributed by atoms with Crippen LogP contribution in [0.3, 0.4) is 0 Å². The van der Waals surface area contributed by atoms with Gasteiger partial charge in [-0.2, -0.15) is 0 Å². The smallest absolute Gasteiger partial charge is 0.258 e. The lowest BCUT2D eigenvalue weighted by Crippen LogP contribution is -2.66. The summed E-state index contributed by atoms with van der Waals surface area (Å²) in [6.07, 6.45) is 0. The molecule has 1 heterocycles. The molecule has 3 aromatic carbocycles. The van der Waals surface area contributed by atoms with Crippen molar-refractivity contribution in [1.82, 2.24) is 10.2 Å². The van der Waals surface area contributed by atoms with Gasteiger partial charge in [-0.3, -0.25) is 9.59 Å². The van der Waals surface area contributed by atoms with Gasteiger partial charge in [-0.1, -0.05) is 94.8 Å². The van der Waals surface area contributed by atoms with Crippen molar-refractivity contribution in [1.29, 1.82) is 0 Å². The molecule has 4 rings (SSSR count).